The van der Waals surface area contributed by atoms with E-state index >= 15 is 0 Å². The number of carbonyl (C=O) groups excluding carboxylic acids is 2. The van der Waals surface area contributed by atoms with Crippen LogP contribution in [0.25, 0.3) is 11.3 Å². The van der Waals surface area contributed by atoms with Crippen molar-refractivity contribution < 1.29 is 9.59 Å². The maximum absolute atomic E-state index is 11.2. The van der Waals surface area contributed by atoms with E-state index in [9.17, 15) is 9.59 Å². The molecule has 0 aliphatic rings. The van der Waals surface area contributed by atoms with Crippen molar-refractivity contribution in [2.45, 2.75) is 19.9 Å². The summed E-state index contributed by atoms with van der Waals surface area (Å²) in [6.07, 6.45) is 1.57. The van der Waals surface area contributed by atoms with Crippen molar-refractivity contribution in [2.24, 2.45) is 5.73 Å². The summed E-state index contributed by atoms with van der Waals surface area (Å²) >= 11 is 0. The van der Waals surface area contributed by atoms with E-state index in [1.54, 1.807) is 0 Å². The van der Waals surface area contributed by atoms with Crippen molar-refractivity contribution in [1.82, 2.24) is 9.78 Å². The van der Waals surface area contributed by atoms with Crippen LogP contribution in [0.15, 0.2) is 24.3 Å². The Balaban J connectivity index is 2.49. The van der Waals surface area contributed by atoms with Gasteiger partial charge < -0.3 is 11.5 Å². The number of carbonyl (C=O) groups is 2. The Hall–Kier alpha value is -2.63. The zero-order valence-electron chi connectivity index (χ0n) is 11.2. The number of nitrogens with two attached hydrogens (primary N) is 2. The molecule has 4 N–H and O–H groups in total. The number of nitrogens with zero attached hydrogens (tertiary/aromatic N) is 2. The lowest BCUT2D eigenvalue weighted by molar-refractivity contribution is -0.118. The van der Waals surface area contributed by atoms with Crippen LogP contribution in [-0.4, -0.2) is 22.0 Å². The molecule has 2 rings (SSSR count). The molecule has 104 valence electrons. The van der Waals surface area contributed by atoms with E-state index in [1.807, 2.05) is 24.3 Å². The van der Waals surface area contributed by atoms with Crippen LogP contribution >= 0.6 is 0 Å². The number of aryl methyl sites for hydroxylation is 1. The van der Waals surface area contributed by atoms with Crippen LogP contribution in [0.2, 0.25) is 0 Å². The third-order valence-corrected chi connectivity index (χ3v) is 3.09. The van der Waals surface area contributed by atoms with Crippen LogP contribution in [0, 0.1) is 0 Å². The van der Waals surface area contributed by atoms with Gasteiger partial charge in [0.05, 0.1) is 5.56 Å². The van der Waals surface area contributed by atoms with E-state index < -0.39 is 5.91 Å². The topological polar surface area (TPSA) is 104 Å². The molecule has 6 nitrogen and oxygen atoms in total. The SMILES string of the molecule is CCc1ccc(-c2nn(CC(N)=O)c(N)c2C=O)cc1. The average molecular weight is 272 g/mol. The van der Waals surface area contributed by atoms with E-state index in [4.69, 9.17) is 11.5 Å². The molecule has 6 heteroatoms. The highest BCUT2D eigenvalue weighted by Crippen LogP contribution is 2.26. The second-order valence-electron chi connectivity index (χ2n) is 4.44. The van der Waals surface area contributed by atoms with Crippen LogP contribution in [-0.2, 0) is 17.8 Å². The molecule has 1 aromatic carbocycles. The second kappa shape index (κ2) is 5.56. The summed E-state index contributed by atoms with van der Waals surface area (Å²) in [5, 5.41) is 4.21. The molecule has 0 spiro atoms. The molecule has 0 radical (unpaired) electrons. The number of anilines is 1. The number of benzene rings is 1. The van der Waals surface area contributed by atoms with Gasteiger partial charge in [0.2, 0.25) is 5.91 Å². The molecule has 0 saturated carbocycles. The lowest BCUT2D eigenvalue weighted by Gasteiger charge is -2.00. The summed E-state index contributed by atoms with van der Waals surface area (Å²) in [5.41, 5.74) is 13.6. The monoisotopic (exact) mass is 272 g/mol. The van der Waals surface area contributed by atoms with Gasteiger partial charge in [0.25, 0.3) is 0 Å². The zero-order valence-corrected chi connectivity index (χ0v) is 11.2. The number of primary amides is 1. The maximum Gasteiger partial charge on any atom is 0.239 e. The van der Waals surface area contributed by atoms with E-state index in [2.05, 4.69) is 12.0 Å². The molecule has 0 unspecified atom stereocenters. The van der Waals surface area contributed by atoms with Crippen LogP contribution in [0.3, 0.4) is 0 Å². The predicted molar refractivity (Wildman–Crippen MR) is 76.0 cm³/mol. The molecule has 0 bridgehead atoms. The highest BCUT2D eigenvalue weighted by molar-refractivity contribution is 5.92. The fourth-order valence-corrected chi connectivity index (χ4v) is 1.98. The molecule has 20 heavy (non-hydrogen) atoms. The Labute approximate surface area is 116 Å². The molecule has 1 aromatic heterocycles. The lowest BCUT2D eigenvalue weighted by Crippen LogP contribution is -2.20. The quantitative estimate of drug-likeness (QED) is 0.792. The minimum atomic E-state index is -0.565. The molecule has 0 fully saturated rings. The minimum absolute atomic E-state index is 0.147. The number of nitrogen functional groups attached to an aromatic ring is 1. The van der Waals surface area contributed by atoms with Crippen molar-refractivity contribution in [3.63, 3.8) is 0 Å². The Morgan fingerprint density at radius 1 is 1.35 bits per heavy atom. The number of hydrogen-bond acceptors (Lipinski definition) is 4. The molecule has 1 heterocycles. The Morgan fingerprint density at radius 3 is 2.50 bits per heavy atom. The fourth-order valence-electron chi connectivity index (χ4n) is 1.98. The molecule has 0 saturated heterocycles. The van der Waals surface area contributed by atoms with Gasteiger partial charge in [0, 0.05) is 5.56 Å². The van der Waals surface area contributed by atoms with Crippen molar-refractivity contribution in [1.29, 1.82) is 0 Å². The minimum Gasteiger partial charge on any atom is -0.383 e. The molecule has 0 aliphatic heterocycles. The van der Waals surface area contributed by atoms with Gasteiger partial charge >= 0.3 is 0 Å². The smallest absolute Gasteiger partial charge is 0.239 e. The number of hydrogen-bond donors (Lipinski definition) is 2. The number of aldehydes is 1. The summed E-state index contributed by atoms with van der Waals surface area (Å²) in [6, 6.07) is 7.69. The van der Waals surface area contributed by atoms with Crippen LogP contribution in [0.5, 0.6) is 0 Å². The van der Waals surface area contributed by atoms with Crippen LogP contribution < -0.4 is 11.5 Å². The molecular formula is C14H16N4O2. The van der Waals surface area contributed by atoms with E-state index in [1.165, 1.54) is 10.2 Å². The Bertz CT molecular complexity index is 644. The normalized spacial score (nSPS) is 10.4. The standard InChI is InChI=1S/C14H16N4O2/c1-2-9-3-5-10(6-4-9)13-11(8-19)14(16)18(17-13)7-12(15)20/h3-6,8H,2,7,16H2,1H3,(H2,15,20). The van der Waals surface area contributed by atoms with Crippen LogP contribution in [0.1, 0.15) is 22.8 Å². The summed E-state index contributed by atoms with van der Waals surface area (Å²) in [6.45, 7) is 1.91. The summed E-state index contributed by atoms with van der Waals surface area (Å²) < 4.78 is 1.25. The Kier molecular flexibility index (Phi) is 3.84. The van der Waals surface area contributed by atoms with Crippen molar-refractivity contribution in [3.05, 3.63) is 35.4 Å². The summed E-state index contributed by atoms with van der Waals surface area (Å²) in [5.74, 6) is -0.419. The van der Waals surface area contributed by atoms with Gasteiger partial charge in [-0.05, 0) is 12.0 Å². The lowest BCUT2D eigenvalue weighted by atomic mass is 10.1. The van der Waals surface area contributed by atoms with Gasteiger partial charge in [-0.3, -0.25) is 9.59 Å². The summed E-state index contributed by atoms with van der Waals surface area (Å²) in [7, 11) is 0. The number of amides is 1. The highest BCUT2D eigenvalue weighted by atomic mass is 16.1. The zero-order chi connectivity index (χ0) is 14.7. The van der Waals surface area contributed by atoms with Gasteiger partial charge in [-0.2, -0.15) is 5.10 Å². The first-order valence-corrected chi connectivity index (χ1v) is 6.25. The van der Waals surface area contributed by atoms with Crippen molar-refractivity contribution in [2.75, 3.05) is 5.73 Å². The molecular weight excluding hydrogens is 256 g/mol. The van der Waals surface area contributed by atoms with Gasteiger partial charge in [0.1, 0.15) is 18.1 Å². The van der Waals surface area contributed by atoms with Gasteiger partial charge in [-0.15, -0.1) is 0 Å². The fraction of sp³-hybridized carbons (Fsp3) is 0.214. The summed E-state index contributed by atoms with van der Waals surface area (Å²) in [4.78, 5) is 22.2. The maximum atomic E-state index is 11.2. The van der Waals surface area contributed by atoms with Crippen molar-refractivity contribution in [3.8, 4) is 11.3 Å². The van der Waals surface area contributed by atoms with E-state index in [0.29, 0.717) is 12.0 Å². The van der Waals surface area contributed by atoms with Gasteiger partial charge in [0.15, 0.2) is 6.29 Å². The second-order valence-corrected chi connectivity index (χ2v) is 4.44. The van der Waals surface area contributed by atoms with Crippen LogP contribution in [0.4, 0.5) is 5.82 Å². The first-order chi connectivity index (χ1) is 9.56. The number of aromatic nitrogens is 2. The average Bonchev–Trinajstić information content (AvgIpc) is 2.75. The molecule has 2 aromatic rings. The molecule has 1 amide bonds. The highest BCUT2D eigenvalue weighted by Gasteiger charge is 2.17. The Morgan fingerprint density at radius 2 is 2.00 bits per heavy atom. The van der Waals surface area contributed by atoms with E-state index in [-0.39, 0.29) is 17.9 Å². The third kappa shape index (κ3) is 2.54. The largest absolute Gasteiger partial charge is 0.383 e. The molecule has 0 atom stereocenters. The number of rotatable bonds is 5. The molecule has 0 aliphatic carbocycles. The predicted octanol–water partition coefficient (Wildman–Crippen LogP) is 0.992. The first-order valence-electron chi connectivity index (χ1n) is 6.25. The van der Waals surface area contributed by atoms with Gasteiger partial charge in [-0.1, -0.05) is 31.2 Å². The first kappa shape index (κ1) is 13.8. The van der Waals surface area contributed by atoms with Crippen molar-refractivity contribution >= 4 is 18.0 Å². The van der Waals surface area contributed by atoms with E-state index in [0.717, 1.165) is 12.0 Å². The third-order valence-electron chi connectivity index (χ3n) is 3.09. The van der Waals surface area contributed by atoms with Gasteiger partial charge in [-0.25, -0.2) is 4.68 Å².